The largest absolute Gasteiger partial charge is 0.0651 e. The average Bonchev–Trinajstić information content (AvgIpc) is 2.25. The second kappa shape index (κ2) is 5.56. The topological polar surface area (TPSA) is 0 Å². The Morgan fingerprint density at radius 3 is 1.75 bits per heavy atom. The van der Waals surface area contributed by atoms with Crippen molar-refractivity contribution < 1.29 is 0 Å². The van der Waals surface area contributed by atoms with Gasteiger partial charge in [0.15, 0.2) is 0 Å². The van der Waals surface area contributed by atoms with Gasteiger partial charge in [-0.15, -0.1) is 0 Å². The predicted octanol–water partition coefficient (Wildman–Crippen LogP) is 5.48. The minimum absolute atomic E-state index is 0.392. The Morgan fingerprint density at radius 1 is 1.00 bits per heavy atom. The van der Waals surface area contributed by atoms with E-state index in [1.165, 1.54) is 32.1 Å². The predicted molar refractivity (Wildman–Crippen MR) is 73.3 cm³/mol. The van der Waals surface area contributed by atoms with Crippen molar-refractivity contribution in [1.82, 2.24) is 0 Å². The molecule has 0 aromatic rings. The molecule has 0 N–H and O–H groups in total. The highest BCUT2D eigenvalue weighted by Gasteiger charge is 2.39. The molecule has 0 aromatic heterocycles. The van der Waals surface area contributed by atoms with Gasteiger partial charge in [0.2, 0.25) is 0 Å². The standard InChI is InChI=1S/C16H31/c1-7-13-10-9-11-14(8-2)15(13)12(3)16(4,5)6/h13-15H,7-11H2,1-6H3. The van der Waals surface area contributed by atoms with Crippen molar-refractivity contribution in [2.45, 2.75) is 73.6 Å². The summed E-state index contributed by atoms with van der Waals surface area (Å²) < 4.78 is 0. The summed E-state index contributed by atoms with van der Waals surface area (Å²) in [6.07, 6.45) is 7.13. The third kappa shape index (κ3) is 3.02. The van der Waals surface area contributed by atoms with Crippen molar-refractivity contribution >= 4 is 0 Å². The monoisotopic (exact) mass is 223 g/mol. The van der Waals surface area contributed by atoms with Gasteiger partial charge in [-0.1, -0.05) is 73.6 Å². The maximum atomic E-state index is 2.42. The van der Waals surface area contributed by atoms with Crippen LogP contribution in [0.3, 0.4) is 0 Å². The molecular weight excluding hydrogens is 192 g/mol. The minimum atomic E-state index is 0.392. The van der Waals surface area contributed by atoms with E-state index in [4.69, 9.17) is 0 Å². The molecule has 0 bridgehead atoms. The molecule has 0 heterocycles. The Morgan fingerprint density at radius 2 is 1.44 bits per heavy atom. The fourth-order valence-electron chi connectivity index (χ4n) is 3.51. The summed E-state index contributed by atoms with van der Waals surface area (Å²) in [6.45, 7) is 14.3. The zero-order valence-corrected chi connectivity index (χ0v) is 12.3. The van der Waals surface area contributed by atoms with E-state index in [0.29, 0.717) is 5.41 Å². The lowest BCUT2D eigenvalue weighted by atomic mass is 9.59. The first-order chi connectivity index (χ1) is 7.41. The molecule has 0 saturated heterocycles. The van der Waals surface area contributed by atoms with Crippen LogP contribution in [-0.2, 0) is 0 Å². The molecule has 1 radical (unpaired) electrons. The second-order valence-electron chi connectivity index (χ2n) is 6.73. The van der Waals surface area contributed by atoms with Crippen LogP contribution in [0.4, 0.5) is 0 Å². The summed E-state index contributed by atoms with van der Waals surface area (Å²) in [6, 6.07) is 0. The molecule has 2 atom stereocenters. The van der Waals surface area contributed by atoms with Gasteiger partial charge >= 0.3 is 0 Å². The van der Waals surface area contributed by atoms with E-state index >= 15 is 0 Å². The van der Waals surface area contributed by atoms with Crippen LogP contribution in [0.2, 0.25) is 0 Å². The second-order valence-corrected chi connectivity index (χ2v) is 6.73. The molecule has 16 heavy (non-hydrogen) atoms. The Kier molecular flexibility index (Phi) is 4.88. The molecule has 0 aliphatic heterocycles. The van der Waals surface area contributed by atoms with Gasteiger partial charge in [0.05, 0.1) is 0 Å². The van der Waals surface area contributed by atoms with E-state index in [2.05, 4.69) is 41.5 Å². The first kappa shape index (κ1) is 14.1. The van der Waals surface area contributed by atoms with Crippen molar-refractivity contribution in [2.75, 3.05) is 0 Å². The summed E-state index contributed by atoms with van der Waals surface area (Å²) in [5.41, 5.74) is 0.392. The van der Waals surface area contributed by atoms with E-state index in [1.54, 1.807) is 5.92 Å². The van der Waals surface area contributed by atoms with Gasteiger partial charge in [0.25, 0.3) is 0 Å². The molecular formula is C16H31. The van der Waals surface area contributed by atoms with Gasteiger partial charge in [0.1, 0.15) is 0 Å². The molecule has 1 fully saturated rings. The third-order valence-corrected chi connectivity index (χ3v) is 4.90. The van der Waals surface area contributed by atoms with Crippen LogP contribution in [0.15, 0.2) is 0 Å². The number of rotatable bonds is 3. The molecule has 0 heteroatoms. The van der Waals surface area contributed by atoms with Crippen molar-refractivity contribution in [3.63, 3.8) is 0 Å². The zero-order valence-electron chi connectivity index (χ0n) is 12.3. The van der Waals surface area contributed by atoms with Crippen molar-refractivity contribution in [2.24, 2.45) is 23.2 Å². The van der Waals surface area contributed by atoms with E-state index < -0.39 is 0 Å². The summed E-state index contributed by atoms with van der Waals surface area (Å²) >= 11 is 0. The maximum Gasteiger partial charge on any atom is -0.0182 e. The molecule has 1 aliphatic rings. The van der Waals surface area contributed by atoms with Gasteiger partial charge in [-0.3, -0.25) is 0 Å². The number of hydrogen-bond donors (Lipinski definition) is 0. The van der Waals surface area contributed by atoms with Crippen LogP contribution in [0.5, 0.6) is 0 Å². The van der Waals surface area contributed by atoms with Gasteiger partial charge in [0, 0.05) is 0 Å². The van der Waals surface area contributed by atoms with Crippen LogP contribution in [0.25, 0.3) is 0 Å². The zero-order chi connectivity index (χ0) is 12.3. The fraction of sp³-hybridized carbons (Fsp3) is 0.938. The maximum absolute atomic E-state index is 2.42. The Hall–Kier alpha value is 0. The molecule has 1 saturated carbocycles. The summed E-state index contributed by atoms with van der Waals surface area (Å²) in [4.78, 5) is 0. The fourth-order valence-corrected chi connectivity index (χ4v) is 3.51. The summed E-state index contributed by atoms with van der Waals surface area (Å²) in [5, 5.41) is 0. The third-order valence-electron chi connectivity index (χ3n) is 4.90. The molecule has 0 amide bonds. The van der Waals surface area contributed by atoms with E-state index in [0.717, 1.165) is 17.8 Å². The van der Waals surface area contributed by atoms with E-state index in [9.17, 15) is 0 Å². The lowest BCUT2D eigenvalue weighted by Gasteiger charge is -2.45. The molecule has 95 valence electrons. The summed E-state index contributed by atoms with van der Waals surface area (Å²) in [7, 11) is 0. The van der Waals surface area contributed by atoms with Crippen molar-refractivity contribution in [3.8, 4) is 0 Å². The van der Waals surface area contributed by atoms with Gasteiger partial charge in [-0.25, -0.2) is 0 Å². The van der Waals surface area contributed by atoms with Crippen LogP contribution < -0.4 is 0 Å². The minimum Gasteiger partial charge on any atom is -0.0651 e. The molecule has 1 rings (SSSR count). The highest BCUT2D eigenvalue weighted by Crippen LogP contribution is 2.48. The van der Waals surface area contributed by atoms with Crippen molar-refractivity contribution in [3.05, 3.63) is 5.92 Å². The van der Waals surface area contributed by atoms with Crippen molar-refractivity contribution in [1.29, 1.82) is 0 Å². The van der Waals surface area contributed by atoms with Crippen LogP contribution in [0, 0.1) is 29.1 Å². The quantitative estimate of drug-likeness (QED) is 0.594. The van der Waals surface area contributed by atoms with E-state index in [-0.39, 0.29) is 0 Å². The molecule has 1 aliphatic carbocycles. The first-order valence-electron chi connectivity index (χ1n) is 7.25. The number of hydrogen-bond acceptors (Lipinski definition) is 0. The van der Waals surface area contributed by atoms with Crippen LogP contribution >= 0.6 is 0 Å². The highest BCUT2D eigenvalue weighted by atomic mass is 14.4. The van der Waals surface area contributed by atoms with Gasteiger partial charge in [-0.05, 0) is 29.1 Å². The van der Waals surface area contributed by atoms with Gasteiger partial charge < -0.3 is 0 Å². The Balaban J connectivity index is 2.83. The Labute approximate surface area is 103 Å². The van der Waals surface area contributed by atoms with E-state index in [1.807, 2.05) is 0 Å². The first-order valence-corrected chi connectivity index (χ1v) is 7.25. The SMILES string of the molecule is CCC1CCCC(CC)C1[C](C)C(C)(C)C. The lowest BCUT2D eigenvalue weighted by Crippen LogP contribution is -2.36. The Bertz CT molecular complexity index is 187. The average molecular weight is 223 g/mol. The smallest absolute Gasteiger partial charge is 0.0182 e. The molecule has 2 unspecified atom stereocenters. The van der Waals surface area contributed by atoms with Gasteiger partial charge in [-0.2, -0.15) is 0 Å². The lowest BCUT2D eigenvalue weighted by molar-refractivity contribution is 0.124. The normalized spacial score (nSPS) is 32.1. The van der Waals surface area contributed by atoms with Crippen LogP contribution in [0.1, 0.15) is 73.6 Å². The molecule has 0 spiro atoms. The highest BCUT2D eigenvalue weighted by molar-refractivity contribution is 5.06. The molecule has 0 aromatic carbocycles. The summed E-state index contributed by atoms with van der Waals surface area (Å²) in [5.74, 6) is 4.56. The molecule has 0 nitrogen and oxygen atoms in total. The van der Waals surface area contributed by atoms with Crippen LogP contribution in [-0.4, -0.2) is 0 Å².